The summed E-state index contributed by atoms with van der Waals surface area (Å²) in [5, 5.41) is 2.97. The molecule has 0 spiro atoms. The van der Waals surface area contributed by atoms with Crippen LogP contribution in [0.25, 0.3) is 0 Å². The van der Waals surface area contributed by atoms with Crippen LogP contribution in [0.4, 0.5) is 0 Å². The van der Waals surface area contributed by atoms with Gasteiger partial charge in [0, 0.05) is 11.0 Å². The average molecular weight is 468 g/mol. The van der Waals surface area contributed by atoms with Gasteiger partial charge in [-0.05, 0) is 47.4 Å². The number of benzene rings is 3. The second-order valence-corrected chi connectivity index (χ2v) is 7.85. The smallest absolute Gasteiger partial charge is 0.231 e. The molecule has 6 heteroatoms. The molecule has 3 aromatic carbocycles. The number of hydrogen-bond donors (Lipinski definition) is 1. The summed E-state index contributed by atoms with van der Waals surface area (Å²) in [5.41, 5.74) is 3.15. The van der Waals surface area contributed by atoms with Gasteiger partial charge in [-0.3, -0.25) is 4.79 Å². The van der Waals surface area contributed by atoms with Gasteiger partial charge >= 0.3 is 0 Å². The van der Waals surface area contributed by atoms with E-state index in [4.69, 9.17) is 14.2 Å². The van der Waals surface area contributed by atoms with Gasteiger partial charge in [-0.1, -0.05) is 58.4 Å². The second-order valence-electron chi connectivity index (χ2n) is 6.99. The van der Waals surface area contributed by atoms with Crippen LogP contribution in [-0.2, 0) is 24.2 Å². The lowest BCUT2D eigenvalue weighted by atomic mass is 10.1. The average Bonchev–Trinajstić information content (AvgIpc) is 3.21. The monoisotopic (exact) mass is 467 g/mol. The predicted molar refractivity (Wildman–Crippen MR) is 118 cm³/mol. The van der Waals surface area contributed by atoms with Gasteiger partial charge in [-0.25, -0.2) is 0 Å². The lowest BCUT2D eigenvalue weighted by molar-refractivity contribution is -0.120. The van der Waals surface area contributed by atoms with Crippen LogP contribution in [0.3, 0.4) is 0 Å². The first-order chi connectivity index (χ1) is 14.7. The maximum absolute atomic E-state index is 12.3. The highest BCUT2D eigenvalue weighted by molar-refractivity contribution is 9.10. The molecule has 30 heavy (non-hydrogen) atoms. The van der Waals surface area contributed by atoms with E-state index in [1.807, 2.05) is 66.7 Å². The van der Waals surface area contributed by atoms with Gasteiger partial charge in [-0.2, -0.15) is 0 Å². The third kappa shape index (κ3) is 5.33. The van der Waals surface area contributed by atoms with Gasteiger partial charge in [0.2, 0.25) is 12.7 Å². The van der Waals surface area contributed by atoms with Crippen LogP contribution in [-0.4, -0.2) is 19.2 Å². The molecule has 3 aromatic rings. The minimum absolute atomic E-state index is 0.0302. The Morgan fingerprint density at radius 2 is 1.70 bits per heavy atom. The lowest BCUT2D eigenvalue weighted by Gasteiger charge is -2.09. The number of fused-ring (bicyclic) bond motifs is 1. The fourth-order valence-corrected chi connectivity index (χ4v) is 3.63. The van der Waals surface area contributed by atoms with Gasteiger partial charge in [0.15, 0.2) is 11.5 Å². The summed E-state index contributed by atoms with van der Waals surface area (Å²) in [6.07, 6.45) is 1.04. The Bertz CT molecular complexity index is 1010. The normalized spacial score (nSPS) is 11.9. The van der Waals surface area contributed by atoms with Crippen molar-refractivity contribution in [1.29, 1.82) is 0 Å². The number of carbonyl (C=O) groups excluding carboxylic acids is 1. The van der Waals surface area contributed by atoms with Crippen molar-refractivity contribution in [3.8, 4) is 17.2 Å². The Kier molecular flexibility index (Phi) is 6.54. The quantitative estimate of drug-likeness (QED) is 0.523. The zero-order valence-electron chi connectivity index (χ0n) is 16.4. The first-order valence-electron chi connectivity index (χ1n) is 9.78. The Balaban J connectivity index is 1.22. The fraction of sp³-hybridized carbons (Fsp3) is 0.208. The van der Waals surface area contributed by atoms with Crippen molar-refractivity contribution < 1.29 is 19.0 Å². The van der Waals surface area contributed by atoms with Crippen molar-refractivity contribution in [2.45, 2.75) is 19.4 Å². The van der Waals surface area contributed by atoms with E-state index in [-0.39, 0.29) is 19.1 Å². The number of rotatable bonds is 8. The van der Waals surface area contributed by atoms with Crippen LogP contribution in [0.5, 0.6) is 17.2 Å². The molecule has 1 aliphatic rings. The van der Waals surface area contributed by atoms with E-state index >= 15 is 0 Å². The zero-order valence-corrected chi connectivity index (χ0v) is 18.0. The van der Waals surface area contributed by atoms with E-state index in [1.54, 1.807) is 0 Å². The van der Waals surface area contributed by atoms with Crippen LogP contribution in [0.2, 0.25) is 0 Å². The summed E-state index contributed by atoms with van der Waals surface area (Å²) in [6, 6.07) is 21.7. The van der Waals surface area contributed by atoms with Gasteiger partial charge in [0.25, 0.3) is 0 Å². The highest BCUT2D eigenvalue weighted by Gasteiger charge is 2.17. The van der Waals surface area contributed by atoms with E-state index in [2.05, 4.69) is 21.2 Å². The summed E-state index contributed by atoms with van der Waals surface area (Å²) in [6.45, 7) is 1.34. The van der Waals surface area contributed by atoms with Gasteiger partial charge < -0.3 is 19.5 Å². The van der Waals surface area contributed by atoms with Crippen LogP contribution in [0.1, 0.15) is 16.7 Å². The second kappa shape index (κ2) is 9.67. The molecule has 1 N–H and O–H groups in total. The Hall–Kier alpha value is -2.99. The predicted octanol–water partition coefficient (Wildman–Crippen LogP) is 4.66. The molecule has 0 fully saturated rings. The Labute approximate surface area is 184 Å². The number of ether oxygens (including phenoxy) is 3. The Morgan fingerprint density at radius 1 is 0.967 bits per heavy atom. The van der Waals surface area contributed by atoms with E-state index < -0.39 is 0 Å². The van der Waals surface area contributed by atoms with Crippen molar-refractivity contribution in [2.24, 2.45) is 0 Å². The largest absolute Gasteiger partial charge is 0.489 e. The molecule has 1 amide bonds. The van der Waals surface area contributed by atoms with Crippen molar-refractivity contribution in [3.63, 3.8) is 0 Å². The van der Waals surface area contributed by atoms with E-state index in [1.165, 1.54) is 0 Å². The molecule has 1 aliphatic heterocycles. The molecule has 4 rings (SSSR count). The van der Waals surface area contributed by atoms with Gasteiger partial charge in [0.1, 0.15) is 12.4 Å². The summed E-state index contributed by atoms with van der Waals surface area (Å²) in [7, 11) is 0. The third-order valence-electron chi connectivity index (χ3n) is 4.80. The highest BCUT2D eigenvalue weighted by Crippen LogP contribution is 2.37. The van der Waals surface area contributed by atoms with Crippen LogP contribution >= 0.6 is 15.9 Å². The standard InChI is InChI=1S/C24H22BrNO4/c25-21-14-23-22(29-16-30-23)12-19(21)13-24(27)26-11-10-17-6-8-20(9-7-17)28-15-18-4-2-1-3-5-18/h1-9,12,14H,10-11,13,15-16H2,(H,26,27). The first-order valence-corrected chi connectivity index (χ1v) is 10.6. The topological polar surface area (TPSA) is 56.8 Å². The zero-order chi connectivity index (χ0) is 20.8. The summed E-state index contributed by atoms with van der Waals surface area (Å²) in [4.78, 5) is 12.3. The molecule has 0 aromatic heterocycles. The molecule has 0 bridgehead atoms. The lowest BCUT2D eigenvalue weighted by Crippen LogP contribution is -2.27. The van der Waals surface area contributed by atoms with Crippen molar-refractivity contribution in [1.82, 2.24) is 5.32 Å². The number of nitrogens with one attached hydrogen (secondary N) is 1. The van der Waals surface area contributed by atoms with Crippen molar-refractivity contribution >= 4 is 21.8 Å². The number of hydrogen-bond acceptors (Lipinski definition) is 4. The van der Waals surface area contributed by atoms with Crippen molar-refractivity contribution in [3.05, 3.63) is 87.9 Å². The third-order valence-corrected chi connectivity index (χ3v) is 5.54. The molecular weight excluding hydrogens is 446 g/mol. The summed E-state index contributed by atoms with van der Waals surface area (Å²) < 4.78 is 17.4. The fourth-order valence-electron chi connectivity index (χ4n) is 3.17. The molecule has 0 aliphatic carbocycles. The summed E-state index contributed by atoms with van der Waals surface area (Å²) in [5.74, 6) is 2.18. The van der Waals surface area contributed by atoms with Gasteiger partial charge in [-0.15, -0.1) is 0 Å². The van der Waals surface area contributed by atoms with Gasteiger partial charge in [0.05, 0.1) is 6.42 Å². The Morgan fingerprint density at radius 3 is 2.47 bits per heavy atom. The molecule has 5 nitrogen and oxygen atoms in total. The molecule has 0 radical (unpaired) electrons. The van der Waals surface area contributed by atoms with Crippen LogP contribution < -0.4 is 19.5 Å². The maximum atomic E-state index is 12.3. The SMILES string of the molecule is O=C(Cc1cc2c(cc1Br)OCO2)NCCc1ccc(OCc2ccccc2)cc1. The molecular formula is C24H22BrNO4. The molecule has 154 valence electrons. The summed E-state index contributed by atoms with van der Waals surface area (Å²) >= 11 is 3.49. The molecule has 0 saturated heterocycles. The van der Waals surface area contributed by atoms with Crippen LogP contribution in [0.15, 0.2) is 71.2 Å². The maximum Gasteiger partial charge on any atom is 0.231 e. The molecule has 0 saturated carbocycles. The van der Waals surface area contributed by atoms with E-state index in [9.17, 15) is 4.79 Å². The number of carbonyl (C=O) groups is 1. The first kappa shape index (κ1) is 20.3. The minimum Gasteiger partial charge on any atom is -0.489 e. The van der Waals surface area contributed by atoms with E-state index in [0.29, 0.717) is 24.7 Å². The number of amides is 1. The molecule has 0 unspecified atom stereocenters. The van der Waals surface area contributed by atoms with Crippen LogP contribution in [0, 0.1) is 0 Å². The highest BCUT2D eigenvalue weighted by atomic mass is 79.9. The van der Waals surface area contributed by atoms with Crippen molar-refractivity contribution in [2.75, 3.05) is 13.3 Å². The number of halogens is 1. The van der Waals surface area contributed by atoms with E-state index in [0.717, 1.165) is 33.3 Å². The minimum atomic E-state index is -0.0302. The molecule has 1 heterocycles. The molecule has 0 atom stereocenters.